The second kappa shape index (κ2) is 7.41. The number of aryl methyl sites for hydroxylation is 1. The van der Waals surface area contributed by atoms with Crippen molar-refractivity contribution >= 4 is 33.1 Å². The van der Waals surface area contributed by atoms with Crippen LogP contribution in [0.4, 0.5) is 18.9 Å². The van der Waals surface area contributed by atoms with Gasteiger partial charge in [-0.15, -0.1) is 11.3 Å². The van der Waals surface area contributed by atoms with Crippen molar-refractivity contribution in [2.24, 2.45) is 7.05 Å². The zero-order chi connectivity index (χ0) is 21.5. The fraction of sp³-hybridized carbons (Fsp3) is 0.158. The van der Waals surface area contributed by atoms with Crippen molar-refractivity contribution in [1.29, 1.82) is 0 Å². The fourth-order valence-corrected chi connectivity index (χ4v) is 3.91. The van der Waals surface area contributed by atoms with E-state index in [1.165, 1.54) is 49.9 Å². The summed E-state index contributed by atoms with van der Waals surface area (Å²) in [6.07, 6.45) is -3.43. The molecule has 0 fully saturated rings. The van der Waals surface area contributed by atoms with E-state index in [4.69, 9.17) is 4.74 Å². The molecule has 0 saturated heterocycles. The van der Waals surface area contributed by atoms with Gasteiger partial charge < -0.3 is 10.1 Å². The fourth-order valence-electron chi connectivity index (χ4n) is 3.10. The van der Waals surface area contributed by atoms with Crippen LogP contribution in [0.15, 0.2) is 42.0 Å². The number of aromatic nitrogens is 4. The van der Waals surface area contributed by atoms with Gasteiger partial charge in [-0.1, -0.05) is 12.1 Å². The van der Waals surface area contributed by atoms with E-state index in [-0.39, 0.29) is 22.8 Å². The Morgan fingerprint density at radius 2 is 2.03 bits per heavy atom. The maximum atomic E-state index is 14.1. The Labute approximate surface area is 172 Å². The molecule has 0 radical (unpaired) electrons. The number of halogens is 3. The number of carbonyl (C=O) groups is 1. The molecule has 7 nitrogen and oxygen atoms in total. The van der Waals surface area contributed by atoms with E-state index in [1.807, 2.05) is 0 Å². The molecule has 0 aliphatic rings. The molecule has 0 atom stereocenters. The third-order valence-corrected chi connectivity index (χ3v) is 5.23. The van der Waals surface area contributed by atoms with Crippen molar-refractivity contribution in [3.63, 3.8) is 0 Å². The van der Waals surface area contributed by atoms with E-state index in [2.05, 4.69) is 20.4 Å². The van der Waals surface area contributed by atoms with Crippen LogP contribution >= 0.6 is 11.3 Å². The number of ether oxygens (including phenoxy) is 1. The van der Waals surface area contributed by atoms with Gasteiger partial charge in [-0.3, -0.25) is 9.48 Å². The predicted molar refractivity (Wildman–Crippen MR) is 106 cm³/mol. The Morgan fingerprint density at radius 1 is 1.23 bits per heavy atom. The van der Waals surface area contributed by atoms with Gasteiger partial charge in [-0.25, -0.2) is 9.97 Å². The van der Waals surface area contributed by atoms with Crippen molar-refractivity contribution in [2.75, 3.05) is 12.4 Å². The van der Waals surface area contributed by atoms with Gasteiger partial charge >= 0.3 is 6.18 Å². The number of hydrogen-bond acceptors (Lipinski definition) is 6. The lowest BCUT2D eigenvalue weighted by Gasteiger charge is -2.12. The topological polar surface area (TPSA) is 81.9 Å². The monoisotopic (exact) mass is 433 g/mol. The molecule has 0 aliphatic heterocycles. The maximum absolute atomic E-state index is 14.1. The Morgan fingerprint density at radius 3 is 2.77 bits per heavy atom. The summed E-state index contributed by atoms with van der Waals surface area (Å²) in [5.74, 6) is -0.736. The number of anilines is 1. The van der Waals surface area contributed by atoms with Crippen molar-refractivity contribution in [3.05, 3.63) is 53.3 Å². The number of pyridine rings is 1. The number of benzene rings is 1. The zero-order valence-electron chi connectivity index (χ0n) is 15.7. The SMILES string of the molecule is COc1cc(NC(=O)c2c(C(F)(F)F)c(-c3cccc4ncsc34)nn2C)ccn1. The van der Waals surface area contributed by atoms with Gasteiger partial charge in [-0.2, -0.15) is 18.3 Å². The van der Waals surface area contributed by atoms with Crippen LogP contribution in [0.5, 0.6) is 5.88 Å². The van der Waals surface area contributed by atoms with Crippen LogP contribution in [0.25, 0.3) is 21.5 Å². The smallest absolute Gasteiger partial charge is 0.420 e. The van der Waals surface area contributed by atoms with Gasteiger partial charge in [0, 0.05) is 30.6 Å². The lowest BCUT2D eigenvalue weighted by Crippen LogP contribution is -2.21. The summed E-state index contributed by atoms with van der Waals surface area (Å²) in [6, 6.07) is 7.70. The average molecular weight is 433 g/mol. The number of nitrogens with zero attached hydrogens (tertiary/aromatic N) is 4. The van der Waals surface area contributed by atoms with Gasteiger partial charge in [0.25, 0.3) is 5.91 Å². The highest BCUT2D eigenvalue weighted by Crippen LogP contribution is 2.41. The van der Waals surface area contributed by atoms with Crippen molar-refractivity contribution in [2.45, 2.75) is 6.18 Å². The summed E-state index contributed by atoms with van der Waals surface area (Å²) >= 11 is 1.21. The van der Waals surface area contributed by atoms with Gasteiger partial charge in [-0.05, 0) is 12.1 Å². The second-order valence-electron chi connectivity index (χ2n) is 6.24. The van der Waals surface area contributed by atoms with Crippen LogP contribution in [0.3, 0.4) is 0 Å². The van der Waals surface area contributed by atoms with E-state index in [0.717, 1.165) is 4.68 Å². The molecule has 0 spiro atoms. The first-order valence-corrected chi connectivity index (χ1v) is 9.45. The minimum Gasteiger partial charge on any atom is -0.481 e. The van der Waals surface area contributed by atoms with E-state index < -0.39 is 23.3 Å². The number of thiazole rings is 1. The molecule has 11 heteroatoms. The lowest BCUT2D eigenvalue weighted by atomic mass is 10.0. The van der Waals surface area contributed by atoms with Gasteiger partial charge in [0.05, 0.1) is 22.8 Å². The third-order valence-electron chi connectivity index (χ3n) is 4.36. The molecule has 0 saturated carbocycles. The molecule has 3 heterocycles. The number of alkyl halides is 3. The normalized spacial score (nSPS) is 11.6. The summed E-state index contributed by atoms with van der Waals surface area (Å²) in [6.45, 7) is 0. The summed E-state index contributed by atoms with van der Waals surface area (Å²) in [5.41, 5.74) is 0.590. The molecule has 0 bridgehead atoms. The molecule has 4 aromatic rings. The first kappa shape index (κ1) is 19.8. The van der Waals surface area contributed by atoms with Crippen molar-refractivity contribution < 1.29 is 22.7 Å². The van der Waals surface area contributed by atoms with Gasteiger partial charge in [0.15, 0.2) is 0 Å². The molecule has 0 aliphatic carbocycles. The summed E-state index contributed by atoms with van der Waals surface area (Å²) in [4.78, 5) is 20.9. The van der Waals surface area contributed by atoms with Crippen LogP contribution in [0.2, 0.25) is 0 Å². The van der Waals surface area contributed by atoms with Crippen LogP contribution in [0.1, 0.15) is 16.1 Å². The number of carbonyl (C=O) groups excluding carboxylic acids is 1. The van der Waals surface area contributed by atoms with Crippen LogP contribution in [-0.4, -0.2) is 32.8 Å². The minimum absolute atomic E-state index is 0.214. The number of amides is 1. The molecule has 1 aromatic carbocycles. The predicted octanol–water partition coefficient (Wildman–Crippen LogP) is 4.37. The van der Waals surface area contributed by atoms with Gasteiger partial charge in [0.1, 0.15) is 17.0 Å². The molecular formula is C19H14F3N5O2S. The highest BCUT2D eigenvalue weighted by molar-refractivity contribution is 7.17. The highest BCUT2D eigenvalue weighted by Gasteiger charge is 2.42. The van der Waals surface area contributed by atoms with E-state index >= 15 is 0 Å². The van der Waals surface area contributed by atoms with Gasteiger partial charge in [0.2, 0.25) is 5.88 Å². The highest BCUT2D eigenvalue weighted by atomic mass is 32.1. The first-order valence-electron chi connectivity index (χ1n) is 8.57. The van der Waals surface area contributed by atoms with Crippen LogP contribution in [-0.2, 0) is 13.2 Å². The minimum atomic E-state index is -4.81. The largest absolute Gasteiger partial charge is 0.481 e. The number of methoxy groups -OCH3 is 1. The van der Waals surface area contributed by atoms with Crippen molar-refractivity contribution in [3.8, 4) is 17.1 Å². The quantitative estimate of drug-likeness (QED) is 0.517. The number of nitrogens with one attached hydrogen (secondary N) is 1. The Balaban J connectivity index is 1.84. The maximum Gasteiger partial charge on any atom is 0.420 e. The zero-order valence-corrected chi connectivity index (χ0v) is 16.5. The van der Waals surface area contributed by atoms with E-state index in [0.29, 0.717) is 10.2 Å². The number of hydrogen-bond donors (Lipinski definition) is 1. The molecule has 30 heavy (non-hydrogen) atoms. The lowest BCUT2D eigenvalue weighted by molar-refractivity contribution is -0.137. The Kier molecular flexibility index (Phi) is 4.90. The standard InChI is InChI=1S/C19H14F3N5O2S/c1-27-16(18(28)25-10-6-7-23-13(8-10)29-2)14(19(20,21)22)15(26-27)11-4-3-5-12-17(11)30-9-24-12/h3-9H,1-2H3,(H,23,25,28). The first-order chi connectivity index (χ1) is 14.3. The third kappa shape index (κ3) is 3.47. The molecule has 1 N–H and O–H groups in total. The Hall–Kier alpha value is -3.47. The van der Waals surface area contributed by atoms with Crippen LogP contribution < -0.4 is 10.1 Å². The number of fused-ring (bicyclic) bond motifs is 1. The average Bonchev–Trinajstić information content (AvgIpc) is 3.31. The Bertz CT molecular complexity index is 1250. The summed E-state index contributed by atoms with van der Waals surface area (Å²) in [5, 5.41) is 6.50. The number of rotatable bonds is 4. The molecule has 154 valence electrons. The van der Waals surface area contributed by atoms with Crippen LogP contribution in [0, 0.1) is 0 Å². The second-order valence-corrected chi connectivity index (χ2v) is 7.10. The summed E-state index contributed by atoms with van der Waals surface area (Å²) < 4.78 is 48.7. The van der Waals surface area contributed by atoms with E-state index in [9.17, 15) is 18.0 Å². The molecule has 3 aromatic heterocycles. The molecule has 1 amide bonds. The summed E-state index contributed by atoms with van der Waals surface area (Å²) in [7, 11) is 2.69. The van der Waals surface area contributed by atoms with Crippen molar-refractivity contribution in [1.82, 2.24) is 19.7 Å². The van der Waals surface area contributed by atoms with E-state index in [1.54, 1.807) is 17.6 Å². The molecule has 0 unspecified atom stereocenters. The molecular weight excluding hydrogens is 419 g/mol. The molecule has 4 rings (SSSR count).